The van der Waals surface area contributed by atoms with Crippen LogP contribution in [0.4, 0.5) is 0 Å². The number of carbonyl (C=O) groups excluding carboxylic acids is 1. The van der Waals surface area contributed by atoms with Crippen LogP contribution in [-0.4, -0.2) is 39.6 Å². The molecule has 0 saturated heterocycles. The van der Waals surface area contributed by atoms with E-state index in [-0.39, 0.29) is 11.9 Å². The van der Waals surface area contributed by atoms with E-state index < -0.39 is 0 Å². The number of amides is 1. The highest BCUT2D eigenvalue weighted by atomic mass is 32.2. The lowest BCUT2D eigenvalue weighted by molar-refractivity contribution is -0.129. The number of nitrogens with zero attached hydrogens (tertiary/aromatic N) is 3. The summed E-state index contributed by atoms with van der Waals surface area (Å²) in [4.78, 5) is 14.5. The molecule has 0 unspecified atom stereocenters. The lowest BCUT2D eigenvalue weighted by atomic mass is 9.87. The Morgan fingerprint density at radius 2 is 2.04 bits per heavy atom. The van der Waals surface area contributed by atoms with Crippen LogP contribution in [0.15, 0.2) is 32.9 Å². The van der Waals surface area contributed by atoms with Gasteiger partial charge < -0.3 is 4.90 Å². The summed E-state index contributed by atoms with van der Waals surface area (Å²) in [6, 6.07) is 8.69. The van der Waals surface area contributed by atoms with E-state index in [2.05, 4.69) is 41.4 Å². The first-order valence-electron chi connectivity index (χ1n) is 8.11. The van der Waals surface area contributed by atoms with Crippen molar-refractivity contribution in [3.05, 3.63) is 35.4 Å². The van der Waals surface area contributed by atoms with Gasteiger partial charge in [-0.2, -0.15) is 0 Å². The third-order valence-electron chi connectivity index (χ3n) is 4.17. The van der Waals surface area contributed by atoms with E-state index in [1.807, 2.05) is 11.9 Å². The fourth-order valence-corrected chi connectivity index (χ4v) is 5.81. The number of carbonyl (C=O) groups is 1. The number of hydrogen-bond acceptors (Lipinski definition) is 6. The van der Waals surface area contributed by atoms with Crippen molar-refractivity contribution >= 4 is 40.8 Å². The maximum absolute atomic E-state index is 12.6. The number of hydrogen-bond donors (Lipinski definition) is 0. The highest BCUT2D eigenvalue weighted by Gasteiger charge is 2.26. The summed E-state index contributed by atoms with van der Waals surface area (Å²) in [6.45, 7) is 2.10. The van der Waals surface area contributed by atoms with E-state index in [0.717, 1.165) is 33.7 Å². The van der Waals surface area contributed by atoms with Gasteiger partial charge in [0.25, 0.3) is 0 Å². The number of benzene rings is 1. The van der Waals surface area contributed by atoms with Crippen LogP contribution in [0.5, 0.6) is 0 Å². The summed E-state index contributed by atoms with van der Waals surface area (Å²) >= 11 is 4.75. The van der Waals surface area contributed by atoms with Crippen molar-refractivity contribution in [2.75, 3.05) is 18.6 Å². The van der Waals surface area contributed by atoms with Crippen molar-refractivity contribution in [1.29, 1.82) is 0 Å². The molecule has 0 radical (unpaired) electrons. The van der Waals surface area contributed by atoms with Gasteiger partial charge in [0.1, 0.15) is 0 Å². The number of rotatable bonds is 6. The van der Waals surface area contributed by atoms with Gasteiger partial charge in [0.15, 0.2) is 8.68 Å². The Balaban J connectivity index is 1.61. The second-order valence-corrected chi connectivity index (χ2v) is 9.38. The molecule has 4 nitrogen and oxygen atoms in total. The average molecular weight is 380 g/mol. The molecule has 0 aliphatic heterocycles. The maximum Gasteiger partial charge on any atom is 0.233 e. The summed E-state index contributed by atoms with van der Waals surface area (Å²) < 4.78 is 1.85. The van der Waals surface area contributed by atoms with Gasteiger partial charge >= 0.3 is 0 Å². The van der Waals surface area contributed by atoms with Gasteiger partial charge in [0.2, 0.25) is 5.91 Å². The van der Waals surface area contributed by atoms with Crippen LogP contribution in [0.1, 0.15) is 36.9 Å². The van der Waals surface area contributed by atoms with E-state index in [9.17, 15) is 4.79 Å². The molecule has 7 heteroatoms. The summed E-state index contributed by atoms with van der Waals surface area (Å²) in [6.07, 6.45) is 3.30. The largest absolute Gasteiger partial charge is 0.338 e. The van der Waals surface area contributed by atoms with Gasteiger partial charge in [-0.25, -0.2) is 0 Å². The summed E-state index contributed by atoms with van der Waals surface area (Å²) in [5.74, 6) is 1.56. The monoisotopic (exact) mass is 379 g/mol. The zero-order valence-electron chi connectivity index (χ0n) is 13.9. The highest BCUT2D eigenvalue weighted by Crippen LogP contribution is 2.34. The molecule has 0 saturated carbocycles. The second kappa shape index (κ2) is 8.36. The van der Waals surface area contributed by atoms with Crippen LogP contribution in [0.25, 0.3) is 0 Å². The van der Waals surface area contributed by atoms with Gasteiger partial charge in [-0.05, 0) is 36.1 Å². The minimum absolute atomic E-state index is 0.154. The number of thioether (sulfide) groups is 2. The van der Waals surface area contributed by atoms with Crippen LogP contribution < -0.4 is 0 Å². The Bertz CT molecular complexity index is 704. The zero-order chi connectivity index (χ0) is 16.9. The molecule has 1 aliphatic rings. The molecule has 1 heterocycles. The molecule has 3 rings (SSSR count). The fourth-order valence-electron chi connectivity index (χ4n) is 2.97. The standard InChI is InChI=1S/C17H21N3OS3/c1-3-22-16-18-19-17(24-16)23-11-15(21)20(2)14-10-6-8-12-7-4-5-9-13(12)14/h4-5,7,9,14H,3,6,8,10-11H2,1-2H3/t14-/m0/s1. The molecule has 24 heavy (non-hydrogen) atoms. The third kappa shape index (κ3) is 4.13. The van der Waals surface area contributed by atoms with Crippen molar-refractivity contribution in [2.45, 2.75) is 40.9 Å². The topological polar surface area (TPSA) is 46.1 Å². The van der Waals surface area contributed by atoms with Crippen molar-refractivity contribution in [1.82, 2.24) is 15.1 Å². The van der Waals surface area contributed by atoms with Crippen LogP contribution in [0, 0.1) is 0 Å². The first-order valence-corrected chi connectivity index (χ1v) is 10.9. The van der Waals surface area contributed by atoms with Gasteiger partial charge in [-0.3, -0.25) is 4.79 Å². The van der Waals surface area contributed by atoms with Crippen molar-refractivity contribution in [3.8, 4) is 0 Å². The number of aromatic nitrogens is 2. The zero-order valence-corrected chi connectivity index (χ0v) is 16.3. The Hall–Kier alpha value is -1.05. The number of fused-ring (bicyclic) bond motifs is 1. The Kier molecular flexibility index (Phi) is 6.19. The van der Waals surface area contributed by atoms with E-state index in [0.29, 0.717) is 5.75 Å². The fraction of sp³-hybridized carbons (Fsp3) is 0.471. The van der Waals surface area contributed by atoms with Gasteiger partial charge in [-0.15, -0.1) is 10.2 Å². The molecular weight excluding hydrogens is 358 g/mol. The van der Waals surface area contributed by atoms with Crippen LogP contribution in [-0.2, 0) is 11.2 Å². The first-order chi connectivity index (χ1) is 11.7. The molecule has 0 spiro atoms. The molecule has 128 valence electrons. The van der Waals surface area contributed by atoms with Crippen LogP contribution >= 0.6 is 34.9 Å². The van der Waals surface area contributed by atoms with Gasteiger partial charge in [0.05, 0.1) is 11.8 Å². The van der Waals surface area contributed by atoms with Gasteiger partial charge in [-0.1, -0.05) is 66.0 Å². The summed E-state index contributed by atoms with van der Waals surface area (Å²) in [5.41, 5.74) is 2.69. The summed E-state index contributed by atoms with van der Waals surface area (Å²) in [7, 11) is 1.92. The minimum atomic E-state index is 0.154. The molecule has 0 bridgehead atoms. The summed E-state index contributed by atoms with van der Waals surface area (Å²) in [5, 5.41) is 8.29. The van der Waals surface area contributed by atoms with E-state index in [1.54, 1.807) is 23.1 Å². The molecule has 1 aromatic heterocycles. The lowest BCUT2D eigenvalue weighted by Crippen LogP contribution is -2.34. The molecule has 1 atom stereocenters. The molecule has 1 aliphatic carbocycles. The minimum Gasteiger partial charge on any atom is -0.338 e. The maximum atomic E-state index is 12.6. The predicted molar refractivity (Wildman–Crippen MR) is 102 cm³/mol. The molecule has 0 fully saturated rings. The number of aryl methyl sites for hydroxylation is 1. The smallest absolute Gasteiger partial charge is 0.233 e. The average Bonchev–Trinajstić information content (AvgIpc) is 3.06. The van der Waals surface area contributed by atoms with E-state index in [4.69, 9.17) is 0 Å². The Morgan fingerprint density at radius 1 is 1.29 bits per heavy atom. The molecule has 1 aromatic carbocycles. The first kappa shape index (κ1) is 17.8. The van der Waals surface area contributed by atoms with Gasteiger partial charge in [0, 0.05) is 7.05 Å². The van der Waals surface area contributed by atoms with Crippen LogP contribution in [0.3, 0.4) is 0 Å². The highest BCUT2D eigenvalue weighted by molar-refractivity contribution is 8.03. The van der Waals surface area contributed by atoms with Crippen molar-refractivity contribution < 1.29 is 4.79 Å². The SMILES string of the molecule is CCSc1nnc(SCC(=O)N(C)[C@H]2CCCc3ccccc32)s1. The van der Waals surface area contributed by atoms with E-state index >= 15 is 0 Å². The third-order valence-corrected chi connectivity index (χ3v) is 7.23. The normalized spacial score (nSPS) is 16.7. The lowest BCUT2D eigenvalue weighted by Gasteiger charge is -2.33. The predicted octanol–water partition coefficient (Wildman–Crippen LogP) is 4.28. The van der Waals surface area contributed by atoms with Crippen molar-refractivity contribution in [3.63, 3.8) is 0 Å². The molecule has 2 aromatic rings. The van der Waals surface area contributed by atoms with Crippen LogP contribution in [0.2, 0.25) is 0 Å². The Labute approximate surface area is 155 Å². The van der Waals surface area contributed by atoms with E-state index in [1.165, 1.54) is 22.9 Å². The molecular formula is C17H21N3OS3. The Morgan fingerprint density at radius 3 is 2.83 bits per heavy atom. The quantitative estimate of drug-likeness (QED) is 0.701. The second-order valence-electron chi connectivity index (χ2n) is 5.67. The molecule has 1 amide bonds. The van der Waals surface area contributed by atoms with Crippen molar-refractivity contribution in [2.24, 2.45) is 0 Å². The molecule has 0 N–H and O–H groups in total.